The minimum atomic E-state index is -0.451. The van der Waals surface area contributed by atoms with E-state index in [1.807, 2.05) is 0 Å². The van der Waals surface area contributed by atoms with E-state index in [1.165, 1.54) is 25.3 Å². The third-order valence-corrected chi connectivity index (χ3v) is 3.47. The molecule has 1 heterocycles. The zero-order valence-corrected chi connectivity index (χ0v) is 11.5. The fraction of sp³-hybridized carbons (Fsp3) is 0.500. The van der Waals surface area contributed by atoms with Crippen LogP contribution in [-0.2, 0) is 0 Å². The molecular formula is C14H19FN2O3. The van der Waals surface area contributed by atoms with Crippen LogP contribution in [0.15, 0.2) is 18.2 Å². The van der Waals surface area contributed by atoms with Crippen LogP contribution in [0, 0.1) is 5.82 Å². The third kappa shape index (κ3) is 3.26. The summed E-state index contributed by atoms with van der Waals surface area (Å²) in [5, 5.41) is 8.89. The number of β-amino-alcohol motifs (C(OH)–C–C–N with tert-alkyl or cyclic N) is 1. The highest BCUT2D eigenvalue weighted by Crippen LogP contribution is 2.21. The molecule has 1 aliphatic heterocycles. The summed E-state index contributed by atoms with van der Waals surface area (Å²) in [6.07, 6.45) is 0. The molecule has 5 nitrogen and oxygen atoms in total. The van der Waals surface area contributed by atoms with Crippen LogP contribution in [0.4, 0.5) is 4.39 Å². The molecule has 0 saturated carbocycles. The summed E-state index contributed by atoms with van der Waals surface area (Å²) in [6, 6.07) is 3.95. The van der Waals surface area contributed by atoms with Gasteiger partial charge in [-0.05, 0) is 18.2 Å². The molecule has 6 heteroatoms. The zero-order valence-electron chi connectivity index (χ0n) is 11.5. The summed E-state index contributed by atoms with van der Waals surface area (Å²) in [4.78, 5) is 16.2. The maximum atomic E-state index is 13.3. The maximum absolute atomic E-state index is 13.3. The van der Waals surface area contributed by atoms with E-state index in [1.54, 1.807) is 4.90 Å². The molecule has 1 fully saturated rings. The number of halogens is 1. The van der Waals surface area contributed by atoms with Crippen LogP contribution in [0.3, 0.4) is 0 Å². The number of ether oxygens (including phenoxy) is 1. The molecule has 0 aromatic heterocycles. The van der Waals surface area contributed by atoms with Crippen LogP contribution in [-0.4, -0.2) is 67.3 Å². The Kier molecular flexibility index (Phi) is 4.92. The monoisotopic (exact) mass is 282 g/mol. The first-order valence-electron chi connectivity index (χ1n) is 6.61. The number of hydrogen-bond acceptors (Lipinski definition) is 4. The standard InChI is InChI=1S/C14H19FN2O3/c1-20-13-3-2-11(15)10-12(13)14(19)17-6-4-16(5-7-17)8-9-18/h2-3,10,18H,4-9H2,1H3. The summed E-state index contributed by atoms with van der Waals surface area (Å²) in [6.45, 7) is 3.29. The van der Waals surface area contributed by atoms with Gasteiger partial charge < -0.3 is 14.7 Å². The lowest BCUT2D eigenvalue weighted by Gasteiger charge is -2.34. The quantitative estimate of drug-likeness (QED) is 0.878. The molecule has 1 aromatic rings. The highest BCUT2D eigenvalue weighted by molar-refractivity contribution is 5.97. The van der Waals surface area contributed by atoms with Gasteiger partial charge in [0.1, 0.15) is 11.6 Å². The summed E-state index contributed by atoms with van der Waals surface area (Å²) < 4.78 is 18.4. The van der Waals surface area contributed by atoms with Gasteiger partial charge >= 0.3 is 0 Å². The van der Waals surface area contributed by atoms with Gasteiger partial charge in [-0.3, -0.25) is 9.69 Å². The van der Waals surface area contributed by atoms with Crippen LogP contribution >= 0.6 is 0 Å². The normalized spacial score (nSPS) is 16.2. The van der Waals surface area contributed by atoms with E-state index in [4.69, 9.17) is 9.84 Å². The number of amides is 1. The smallest absolute Gasteiger partial charge is 0.257 e. The number of carbonyl (C=O) groups is 1. The highest BCUT2D eigenvalue weighted by atomic mass is 19.1. The van der Waals surface area contributed by atoms with Gasteiger partial charge in [-0.2, -0.15) is 0 Å². The molecule has 0 unspecified atom stereocenters. The van der Waals surface area contributed by atoms with E-state index >= 15 is 0 Å². The van der Waals surface area contributed by atoms with E-state index in [-0.39, 0.29) is 18.1 Å². The van der Waals surface area contributed by atoms with Crippen molar-refractivity contribution in [3.63, 3.8) is 0 Å². The third-order valence-electron chi connectivity index (χ3n) is 3.47. The molecule has 1 saturated heterocycles. The molecule has 1 amide bonds. The largest absolute Gasteiger partial charge is 0.496 e. The van der Waals surface area contributed by atoms with Crippen molar-refractivity contribution >= 4 is 5.91 Å². The Labute approximate surface area is 117 Å². The fourth-order valence-electron chi connectivity index (χ4n) is 2.33. The van der Waals surface area contributed by atoms with Crippen LogP contribution in [0.2, 0.25) is 0 Å². The van der Waals surface area contributed by atoms with E-state index in [0.29, 0.717) is 38.5 Å². The molecule has 1 N–H and O–H groups in total. The van der Waals surface area contributed by atoms with Crippen molar-refractivity contribution in [2.45, 2.75) is 0 Å². The summed E-state index contributed by atoms with van der Waals surface area (Å²) in [5.41, 5.74) is 0.253. The predicted molar refractivity (Wildman–Crippen MR) is 72.4 cm³/mol. The topological polar surface area (TPSA) is 53.0 Å². The van der Waals surface area contributed by atoms with E-state index in [0.717, 1.165) is 0 Å². The molecule has 20 heavy (non-hydrogen) atoms. The minimum absolute atomic E-state index is 0.117. The van der Waals surface area contributed by atoms with Crippen molar-refractivity contribution in [2.24, 2.45) is 0 Å². The molecule has 110 valence electrons. The lowest BCUT2D eigenvalue weighted by molar-refractivity contribution is 0.0611. The second kappa shape index (κ2) is 6.67. The van der Waals surface area contributed by atoms with E-state index in [9.17, 15) is 9.18 Å². The number of carbonyl (C=O) groups excluding carboxylic acids is 1. The second-order valence-corrected chi connectivity index (χ2v) is 4.70. The van der Waals surface area contributed by atoms with Gasteiger partial charge in [-0.1, -0.05) is 0 Å². The van der Waals surface area contributed by atoms with Crippen LogP contribution in [0.25, 0.3) is 0 Å². The Bertz CT molecular complexity index is 473. The molecule has 2 rings (SSSR count). The number of aliphatic hydroxyl groups excluding tert-OH is 1. The minimum Gasteiger partial charge on any atom is -0.496 e. The van der Waals surface area contributed by atoms with Crippen molar-refractivity contribution in [1.29, 1.82) is 0 Å². The van der Waals surface area contributed by atoms with Gasteiger partial charge in [0.15, 0.2) is 0 Å². The number of nitrogens with zero attached hydrogens (tertiary/aromatic N) is 2. The Morgan fingerprint density at radius 2 is 2.05 bits per heavy atom. The first kappa shape index (κ1) is 14.7. The molecule has 0 aliphatic carbocycles. The number of aliphatic hydroxyl groups is 1. The van der Waals surface area contributed by atoms with E-state index < -0.39 is 5.82 Å². The van der Waals surface area contributed by atoms with Crippen molar-refractivity contribution in [3.05, 3.63) is 29.6 Å². The van der Waals surface area contributed by atoms with E-state index in [2.05, 4.69) is 4.90 Å². The Hall–Kier alpha value is -1.66. The molecule has 0 atom stereocenters. The van der Waals surface area contributed by atoms with Gasteiger partial charge in [-0.15, -0.1) is 0 Å². The number of hydrogen-bond donors (Lipinski definition) is 1. The predicted octanol–water partition coefficient (Wildman–Crippen LogP) is 0.584. The fourth-order valence-corrected chi connectivity index (χ4v) is 2.33. The first-order valence-corrected chi connectivity index (χ1v) is 6.61. The molecular weight excluding hydrogens is 263 g/mol. The van der Waals surface area contributed by atoms with Gasteiger partial charge in [0.25, 0.3) is 5.91 Å². The number of rotatable bonds is 4. The van der Waals surface area contributed by atoms with Crippen LogP contribution < -0.4 is 4.74 Å². The first-order chi connectivity index (χ1) is 9.65. The molecule has 1 aromatic carbocycles. The zero-order chi connectivity index (χ0) is 14.5. The Morgan fingerprint density at radius 1 is 1.35 bits per heavy atom. The number of methoxy groups -OCH3 is 1. The van der Waals surface area contributed by atoms with Crippen LogP contribution in [0.5, 0.6) is 5.75 Å². The molecule has 0 radical (unpaired) electrons. The van der Waals surface area contributed by atoms with Gasteiger partial charge in [-0.25, -0.2) is 4.39 Å². The molecule has 1 aliphatic rings. The van der Waals surface area contributed by atoms with Gasteiger partial charge in [0.05, 0.1) is 19.3 Å². The lowest BCUT2D eigenvalue weighted by Crippen LogP contribution is -2.49. The van der Waals surface area contributed by atoms with Gasteiger partial charge in [0, 0.05) is 32.7 Å². The summed E-state index contributed by atoms with van der Waals surface area (Å²) >= 11 is 0. The van der Waals surface area contributed by atoms with Crippen molar-refractivity contribution in [2.75, 3.05) is 46.4 Å². The Morgan fingerprint density at radius 3 is 2.65 bits per heavy atom. The van der Waals surface area contributed by atoms with Gasteiger partial charge in [0.2, 0.25) is 0 Å². The summed E-state index contributed by atoms with van der Waals surface area (Å²) in [5.74, 6) is -0.285. The number of benzene rings is 1. The molecule has 0 spiro atoms. The number of piperazine rings is 1. The average Bonchev–Trinajstić information content (AvgIpc) is 2.47. The van der Waals surface area contributed by atoms with Crippen molar-refractivity contribution in [3.8, 4) is 5.75 Å². The lowest BCUT2D eigenvalue weighted by atomic mass is 10.1. The van der Waals surface area contributed by atoms with Crippen molar-refractivity contribution < 1.29 is 19.0 Å². The highest BCUT2D eigenvalue weighted by Gasteiger charge is 2.24. The maximum Gasteiger partial charge on any atom is 0.257 e. The van der Waals surface area contributed by atoms with Crippen LogP contribution in [0.1, 0.15) is 10.4 Å². The SMILES string of the molecule is COc1ccc(F)cc1C(=O)N1CCN(CCO)CC1. The average molecular weight is 282 g/mol. The molecule has 0 bridgehead atoms. The Balaban J connectivity index is 2.07. The summed E-state index contributed by atoms with van der Waals surface area (Å²) in [7, 11) is 1.46. The second-order valence-electron chi connectivity index (χ2n) is 4.70. The van der Waals surface area contributed by atoms with Crippen molar-refractivity contribution in [1.82, 2.24) is 9.80 Å².